The molecule has 0 saturated heterocycles. The maximum absolute atomic E-state index is 13.7. The van der Waals surface area contributed by atoms with Crippen LogP contribution in [0.5, 0.6) is 5.75 Å². The van der Waals surface area contributed by atoms with Gasteiger partial charge >= 0.3 is 0 Å². The third-order valence-electron chi connectivity index (χ3n) is 8.18. The predicted octanol–water partition coefficient (Wildman–Crippen LogP) is 2.56. The van der Waals surface area contributed by atoms with Gasteiger partial charge in [0.1, 0.15) is 11.5 Å². The fourth-order valence-electron chi connectivity index (χ4n) is 6.42. The summed E-state index contributed by atoms with van der Waals surface area (Å²) < 4.78 is 0. The zero-order valence-electron chi connectivity index (χ0n) is 19.3. The van der Waals surface area contributed by atoms with E-state index in [4.69, 9.17) is 0 Å². The molecule has 3 aliphatic carbocycles. The molecule has 0 saturated carbocycles. The lowest BCUT2D eigenvalue weighted by molar-refractivity contribution is -0.142. The topological polar surface area (TPSA) is 122 Å². The highest BCUT2D eigenvalue weighted by Crippen LogP contribution is 2.53. The van der Waals surface area contributed by atoms with Crippen molar-refractivity contribution in [2.75, 3.05) is 32.6 Å². The van der Waals surface area contributed by atoms with E-state index in [1.807, 2.05) is 21.1 Å². The predicted molar refractivity (Wildman–Crippen MR) is 122 cm³/mol. The Kier molecular flexibility index (Phi) is 4.71. The van der Waals surface area contributed by atoms with Crippen molar-refractivity contribution in [3.63, 3.8) is 0 Å². The van der Waals surface area contributed by atoms with Gasteiger partial charge in [-0.25, -0.2) is 0 Å². The number of carbonyl (C=O) groups excluding carboxylic acids is 2. The highest BCUT2D eigenvalue weighted by molar-refractivity contribution is 6.16. The van der Waals surface area contributed by atoms with Gasteiger partial charge in [-0.3, -0.25) is 9.59 Å². The second kappa shape index (κ2) is 7.08. The molecule has 176 valence electrons. The Morgan fingerprint density at radius 3 is 2.52 bits per heavy atom. The van der Waals surface area contributed by atoms with Crippen molar-refractivity contribution in [3.05, 3.63) is 45.4 Å². The summed E-state index contributed by atoms with van der Waals surface area (Å²) in [4.78, 5) is 30.8. The number of nitrogens with zero attached hydrogens (tertiary/aromatic N) is 2. The number of Topliss-reactive ketones (excluding diaryl/α,β-unsaturated/α-hetero) is 2. The number of phenols is 1. The summed E-state index contributed by atoms with van der Waals surface area (Å²) >= 11 is 0. The molecule has 1 aromatic carbocycles. The number of allylic oxidation sites excluding steroid dienone is 2. The Morgan fingerprint density at radius 1 is 1.15 bits per heavy atom. The van der Waals surface area contributed by atoms with Crippen LogP contribution in [0.1, 0.15) is 53.7 Å². The number of phenolic OH excluding ortho intramolecular Hbond substituents is 1. The molecule has 0 spiro atoms. The van der Waals surface area contributed by atoms with Gasteiger partial charge in [0, 0.05) is 48.8 Å². The Hall–Kier alpha value is -2.84. The second-order valence-corrected chi connectivity index (χ2v) is 10.2. The van der Waals surface area contributed by atoms with Crippen molar-refractivity contribution >= 4 is 17.3 Å². The summed E-state index contributed by atoms with van der Waals surface area (Å²) in [6.07, 6.45) is 1.62. The molecule has 0 amide bonds. The normalized spacial score (nSPS) is 31.5. The van der Waals surface area contributed by atoms with Crippen molar-refractivity contribution in [1.82, 2.24) is 4.90 Å². The minimum absolute atomic E-state index is 0.00154. The summed E-state index contributed by atoms with van der Waals surface area (Å²) in [6.45, 7) is 2.21. The van der Waals surface area contributed by atoms with Crippen LogP contribution in [0.25, 0.3) is 0 Å². The molecule has 8 heteroatoms. The lowest BCUT2D eigenvalue weighted by Gasteiger charge is -2.46. The number of benzene rings is 1. The molecule has 3 unspecified atom stereocenters. The van der Waals surface area contributed by atoms with Gasteiger partial charge in [-0.1, -0.05) is 0 Å². The van der Waals surface area contributed by atoms with E-state index in [1.165, 1.54) is 6.92 Å². The molecule has 8 nitrogen and oxygen atoms in total. The first-order chi connectivity index (χ1) is 15.5. The average Bonchev–Trinajstić information content (AvgIpc) is 2.74. The van der Waals surface area contributed by atoms with E-state index in [1.54, 1.807) is 6.07 Å². The maximum atomic E-state index is 13.7. The second-order valence-electron chi connectivity index (χ2n) is 10.2. The number of fused-ring (bicyclic) bond motifs is 5. The Bertz CT molecular complexity index is 1170. The molecule has 0 fully saturated rings. The third-order valence-corrected chi connectivity index (χ3v) is 8.18. The lowest BCUT2D eigenvalue weighted by Crippen LogP contribution is -2.55. The van der Waals surface area contributed by atoms with Gasteiger partial charge in [0.25, 0.3) is 0 Å². The third kappa shape index (κ3) is 2.77. The summed E-state index contributed by atoms with van der Waals surface area (Å²) in [5.74, 6) is -3.33. The van der Waals surface area contributed by atoms with Crippen LogP contribution in [-0.2, 0) is 11.2 Å². The van der Waals surface area contributed by atoms with Gasteiger partial charge in [0.15, 0.2) is 11.4 Å². The largest absolute Gasteiger partial charge is 0.512 e. The molecular weight excluding hydrogens is 424 g/mol. The minimum atomic E-state index is -2.23. The molecule has 4 atom stereocenters. The number of aromatic hydroxyl groups is 1. The average molecular weight is 455 g/mol. The van der Waals surface area contributed by atoms with Crippen LogP contribution in [0.4, 0.5) is 5.69 Å². The first-order valence-electron chi connectivity index (χ1n) is 11.4. The number of hydrogen-bond acceptors (Lipinski definition) is 8. The molecule has 1 heterocycles. The number of ketones is 2. The van der Waals surface area contributed by atoms with Crippen LogP contribution >= 0.6 is 0 Å². The Morgan fingerprint density at radius 2 is 1.85 bits per heavy atom. The molecule has 33 heavy (non-hydrogen) atoms. The van der Waals surface area contributed by atoms with Crippen molar-refractivity contribution < 1.29 is 30.0 Å². The minimum Gasteiger partial charge on any atom is -0.512 e. The monoisotopic (exact) mass is 454 g/mol. The number of hydrogen-bond donors (Lipinski definition) is 4. The molecule has 0 bridgehead atoms. The fraction of sp³-hybridized carbons (Fsp3) is 0.520. The molecule has 0 radical (unpaired) electrons. The summed E-state index contributed by atoms with van der Waals surface area (Å²) in [5.41, 5.74) is 0.543. The van der Waals surface area contributed by atoms with E-state index in [0.717, 1.165) is 29.8 Å². The number of rotatable bonds is 1. The van der Waals surface area contributed by atoms with E-state index in [9.17, 15) is 30.0 Å². The lowest BCUT2D eigenvalue weighted by atomic mass is 9.60. The molecule has 0 aromatic heterocycles. The van der Waals surface area contributed by atoms with E-state index >= 15 is 0 Å². The molecular formula is C25H30N2O6. The highest BCUT2D eigenvalue weighted by atomic mass is 16.3. The summed E-state index contributed by atoms with van der Waals surface area (Å²) in [7, 11) is 5.95. The van der Waals surface area contributed by atoms with Gasteiger partial charge in [-0.15, -0.1) is 0 Å². The maximum Gasteiger partial charge on any atom is 0.201 e. The van der Waals surface area contributed by atoms with Crippen molar-refractivity contribution in [2.45, 2.75) is 44.2 Å². The van der Waals surface area contributed by atoms with Crippen LogP contribution in [-0.4, -0.2) is 70.2 Å². The van der Waals surface area contributed by atoms with Crippen LogP contribution in [0.15, 0.2) is 28.7 Å². The first-order valence-corrected chi connectivity index (χ1v) is 11.4. The summed E-state index contributed by atoms with van der Waals surface area (Å²) in [6, 6.07) is 1.74. The van der Waals surface area contributed by atoms with Crippen LogP contribution in [0, 0.1) is 11.8 Å². The van der Waals surface area contributed by atoms with E-state index in [0.29, 0.717) is 6.42 Å². The van der Waals surface area contributed by atoms with Crippen molar-refractivity contribution in [1.29, 1.82) is 0 Å². The smallest absolute Gasteiger partial charge is 0.201 e. The molecule has 1 aliphatic heterocycles. The zero-order valence-corrected chi connectivity index (χ0v) is 19.3. The van der Waals surface area contributed by atoms with Gasteiger partial charge in [-0.2, -0.15) is 0 Å². The first kappa shape index (κ1) is 22.0. The van der Waals surface area contributed by atoms with E-state index in [2.05, 4.69) is 9.80 Å². The number of aliphatic hydroxyl groups excluding tert-OH is 2. The molecule has 4 aliphatic rings. The molecule has 4 N–H and O–H groups in total. The summed E-state index contributed by atoms with van der Waals surface area (Å²) in [5, 5.41) is 43.6. The standard InChI is InChI=1S/C25H30N2O6/c1-11-17(28)9-13-7-12-8-15-20(22(30)19(12)24(32)25(13,33)23(11)31)18(29)10-14-16(26(2)3)5-6-27(4)21(14)15/h10,12-13,16,28-29,32-33H,5-9H2,1-4H3/t12?,13?,16?,25-/m1/s1. The van der Waals surface area contributed by atoms with Crippen LogP contribution in [0.2, 0.25) is 0 Å². The Balaban J connectivity index is 1.70. The Labute approximate surface area is 192 Å². The number of carbonyl (C=O) groups is 2. The van der Waals surface area contributed by atoms with Gasteiger partial charge in [0.05, 0.1) is 11.3 Å². The fourth-order valence-corrected chi connectivity index (χ4v) is 6.42. The number of anilines is 1. The highest BCUT2D eigenvalue weighted by Gasteiger charge is 2.58. The SMILES string of the molecule is CC1=C(O)CC2CC3Cc4c(c(O)cc5c4N(C)CCC5N(C)C)C(=O)C3=C(O)[C@]2(O)C1=O. The quantitative estimate of drug-likeness (QED) is 0.511. The van der Waals surface area contributed by atoms with Crippen molar-refractivity contribution in [3.8, 4) is 5.75 Å². The number of aliphatic hydroxyl groups is 3. The van der Waals surface area contributed by atoms with Crippen molar-refractivity contribution in [2.24, 2.45) is 11.8 Å². The van der Waals surface area contributed by atoms with Crippen LogP contribution < -0.4 is 4.90 Å². The van der Waals surface area contributed by atoms with E-state index < -0.39 is 34.8 Å². The van der Waals surface area contributed by atoms with Gasteiger partial charge in [0.2, 0.25) is 5.78 Å². The van der Waals surface area contributed by atoms with Crippen LogP contribution in [0.3, 0.4) is 0 Å². The molecule has 5 rings (SSSR count). The van der Waals surface area contributed by atoms with E-state index in [-0.39, 0.29) is 47.1 Å². The van der Waals surface area contributed by atoms with Gasteiger partial charge < -0.3 is 30.2 Å². The van der Waals surface area contributed by atoms with Gasteiger partial charge in [-0.05, 0) is 63.4 Å². The zero-order chi connectivity index (χ0) is 24.0. The molecule has 1 aromatic rings.